The standard InChI is InChI=1S/C26H33N5O5/c1-36-22-8-4-7-19(14-22)20-9-10-24(27-15-20)29-25(33)23-11-12-28-31(23)26(34)21(16-30(35)17-32)13-18-5-2-3-6-18/h4,7-10,14-15,17-18,21,23,28,35H,2-3,5-6,11-13,16H2,1H3,(H,27,29,33). The van der Waals surface area contributed by atoms with Crippen molar-refractivity contribution in [2.24, 2.45) is 11.8 Å². The Labute approximate surface area is 210 Å². The van der Waals surface area contributed by atoms with Crippen LogP contribution >= 0.6 is 0 Å². The number of nitrogens with one attached hydrogen (secondary N) is 2. The maximum Gasteiger partial charge on any atom is 0.250 e. The Morgan fingerprint density at radius 3 is 2.75 bits per heavy atom. The molecule has 0 bridgehead atoms. The summed E-state index contributed by atoms with van der Waals surface area (Å²) < 4.78 is 5.27. The summed E-state index contributed by atoms with van der Waals surface area (Å²) in [7, 11) is 1.61. The first-order valence-electron chi connectivity index (χ1n) is 12.4. The summed E-state index contributed by atoms with van der Waals surface area (Å²) in [6.07, 6.45) is 7.31. The number of aromatic nitrogens is 1. The molecule has 192 valence electrons. The second-order valence-electron chi connectivity index (χ2n) is 9.38. The second-order valence-corrected chi connectivity index (χ2v) is 9.38. The molecule has 2 aromatic rings. The average molecular weight is 496 g/mol. The Balaban J connectivity index is 1.42. The number of rotatable bonds is 10. The van der Waals surface area contributed by atoms with Gasteiger partial charge in [-0.2, -0.15) is 0 Å². The Kier molecular flexibility index (Phi) is 8.50. The minimum Gasteiger partial charge on any atom is -0.497 e. The van der Waals surface area contributed by atoms with Gasteiger partial charge in [-0.1, -0.05) is 37.8 Å². The molecule has 36 heavy (non-hydrogen) atoms. The molecule has 2 aliphatic rings. The van der Waals surface area contributed by atoms with Gasteiger partial charge < -0.3 is 10.1 Å². The number of nitrogens with zero attached hydrogens (tertiary/aromatic N) is 3. The molecule has 3 N–H and O–H groups in total. The van der Waals surface area contributed by atoms with Crippen LogP contribution in [0.1, 0.15) is 38.5 Å². The highest BCUT2D eigenvalue weighted by molar-refractivity contribution is 5.97. The SMILES string of the molecule is COc1cccc(-c2ccc(NC(=O)C3CCNN3C(=O)C(CC3CCCC3)CN(O)C=O)nc2)c1. The Morgan fingerprint density at radius 2 is 2.06 bits per heavy atom. The third-order valence-electron chi connectivity index (χ3n) is 6.94. The maximum absolute atomic E-state index is 13.4. The predicted octanol–water partition coefficient (Wildman–Crippen LogP) is 2.85. The van der Waals surface area contributed by atoms with Crippen molar-refractivity contribution >= 4 is 24.0 Å². The summed E-state index contributed by atoms with van der Waals surface area (Å²) in [6, 6.07) is 10.5. The topological polar surface area (TPSA) is 124 Å². The zero-order valence-electron chi connectivity index (χ0n) is 20.4. The minimum atomic E-state index is -0.716. The van der Waals surface area contributed by atoms with E-state index in [1.165, 1.54) is 5.01 Å². The Bertz CT molecular complexity index is 1060. The number of anilines is 1. The van der Waals surface area contributed by atoms with E-state index in [0.29, 0.717) is 42.6 Å². The first-order valence-corrected chi connectivity index (χ1v) is 12.4. The van der Waals surface area contributed by atoms with Gasteiger partial charge in [0.15, 0.2) is 0 Å². The quantitative estimate of drug-likeness (QED) is 0.263. The van der Waals surface area contributed by atoms with Crippen LogP contribution < -0.4 is 15.5 Å². The summed E-state index contributed by atoms with van der Waals surface area (Å²) in [5, 5.41) is 14.5. The predicted molar refractivity (Wildman–Crippen MR) is 133 cm³/mol. The van der Waals surface area contributed by atoms with Crippen LogP contribution in [0.5, 0.6) is 5.75 Å². The molecule has 2 fully saturated rings. The highest BCUT2D eigenvalue weighted by Crippen LogP contribution is 2.32. The Hall–Kier alpha value is -3.50. The van der Waals surface area contributed by atoms with E-state index in [2.05, 4.69) is 15.7 Å². The summed E-state index contributed by atoms with van der Waals surface area (Å²) in [5.41, 5.74) is 4.84. The van der Waals surface area contributed by atoms with E-state index in [0.717, 1.165) is 42.6 Å². The lowest BCUT2D eigenvalue weighted by atomic mass is 9.92. The number of benzene rings is 1. The van der Waals surface area contributed by atoms with Crippen LogP contribution in [0, 0.1) is 11.8 Å². The molecule has 10 heteroatoms. The molecule has 1 aliphatic carbocycles. The van der Waals surface area contributed by atoms with Gasteiger partial charge in [0.05, 0.1) is 19.6 Å². The van der Waals surface area contributed by atoms with Crippen LogP contribution in [0.15, 0.2) is 42.6 Å². The van der Waals surface area contributed by atoms with Crippen molar-refractivity contribution in [1.82, 2.24) is 20.5 Å². The van der Waals surface area contributed by atoms with Gasteiger partial charge in [-0.15, -0.1) is 0 Å². The van der Waals surface area contributed by atoms with Crippen LogP contribution in [0.4, 0.5) is 5.82 Å². The van der Waals surface area contributed by atoms with E-state index >= 15 is 0 Å². The first-order chi connectivity index (χ1) is 17.5. The van der Waals surface area contributed by atoms with Gasteiger partial charge >= 0.3 is 0 Å². The van der Waals surface area contributed by atoms with Gasteiger partial charge in [-0.25, -0.2) is 15.5 Å². The van der Waals surface area contributed by atoms with Gasteiger partial charge in [0, 0.05) is 18.3 Å². The molecular formula is C26H33N5O5. The molecule has 1 aliphatic heterocycles. The fraction of sp³-hybridized carbons (Fsp3) is 0.462. The second kappa shape index (κ2) is 12.0. The molecule has 4 rings (SSSR count). The average Bonchev–Trinajstić information content (AvgIpc) is 3.61. The Morgan fingerprint density at radius 1 is 1.25 bits per heavy atom. The van der Waals surface area contributed by atoms with Crippen molar-refractivity contribution in [1.29, 1.82) is 0 Å². The van der Waals surface area contributed by atoms with Crippen LogP contribution in [-0.2, 0) is 14.4 Å². The molecule has 1 aromatic heterocycles. The van der Waals surface area contributed by atoms with Crippen molar-refractivity contribution in [3.05, 3.63) is 42.6 Å². The van der Waals surface area contributed by atoms with Crippen LogP contribution in [0.2, 0.25) is 0 Å². The number of hydrogen-bond donors (Lipinski definition) is 3. The lowest BCUT2D eigenvalue weighted by molar-refractivity contribution is -0.159. The van der Waals surface area contributed by atoms with Crippen molar-refractivity contribution in [2.75, 3.05) is 25.5 Å². The van der Waals surface area contributed by atoms with Crippen molar-refractivity contribution in [3.63, 3.8) is 0 Å². The normalized spacial score (nSPS) is 18.6. The summed E-state index contributed by atoms with van der Waals surface area (Å²) >= 11 is 0. The van der Waals surface area contributed by atoms with Crippen molar-refractivity contribution < 1.29 is 24.3 Å². The van der Waals surface area contributed by atoms with Crippen molar-refractivity contribution in [2.45, 2.75) is 44.6 Å². The molecule has 2 atom stereocenters. The van der Waals surface area contributed by atoms with E-state index in [1.54, 1.807) is 19.4 Å². The van der Waals surface area contributed by atoms with E-state index in [1.807, 2.05) is 30.3 Å². The van der Waals surface area contributed by atoms with Gasteiger partial charge in [0.1, 0.15) is 17.6 Å². The molecular weight excluding hydrogens is 462 g/mol. The highest BCUT2D eigenvalue weighted by atomic mass is 16.5. The number of hydrazine groups is 1. The molecule has 0 radical (unpaired) electrons. The minimum absolute atomic E-state index is 0.0986. The van der Waals surface area contributed by atoms with E-state index in [-0.39, 0.29) is 18.4 Å². The fourth-order valence-corrected chi connectivity index (χ4v) is 5.06. The molecule has 1 saturated carbocycles. The van der Waals surface area contributed by atoms with Crippen LogP contribution in [0.3, 0.4) is 0 Å². The zero-order valence-corrected chi connectivity index (χ0v) is 20.4. The molecule has 10 nitrogen and oxygen atoms in total. The highest BCUT2D eigenvalue weighted by Gasteiger charge is 2.39. The number of pyridine rings is 1. The number of carbonyl (C=O) groups is 3. The molecule has 2 unspecified atom stereocenters. The third-order valence-corrected chi connectivity index (χ3v) is 6.94. The molecule has 2 heterocycles. The molecule has 1 aromatic carbocycles. The number of ether oxygens (including phenoxy) is 1. The fourth-order valence-electron chi connectivity index (χ4n) is 5.06. The lowest BCUT2D eigenvalue weighted by Gasteiger charge is -2.29. The van der Waals surface area contributed by atoms with E-state index in [4.69, 9.17) is 4.74 Å². The maximum atomic E-state index is 13.4. The summed E-state index contributed by atoms with van der Waals surface area (Å²) in [4.78, 5) is 41.9. The smallest absolute Gasteiger partial charge is 0.250 e. The summed E-state index contributed by atoms with van der Waals surface area (Å²) in [5.74, 6) is 0.279. The number of methoxy groups -OCH3 is 1. The van der Waals surface area contributed by atoms with Gasteiger partial charge in [0.25, 0.3) is 0 Å². The monoisotopic (exact) mass is 495 g/mol. The number of hydroxylamine groups is 2. The third kappa shape index (κ3) is 6.19. The first kappa shape index (κ1) is 25.6. The number of amides is 3. The van der Waals surface area contributed by atoms with Gasteiger partial charge in [-0.05, 0) is 48.6 Å². The molecule has 1 saturated heterocycles. The largest absolute Gasteiger partial charge is 0.497 e. The van der Waals surface area contributed by atoms with Gasteiger partial charge in [0.2, 0.25) is 18.2 Å². The van der Waals surface area contributed by atoms with Crippen LogP contribution in [-0.4, -0.2) is 64.7 Å². The molecule has 3 amide bonds. The lowest BCUT2D eigenvalue weighted by Crippen LogP contribution is -2.51. The van der Waals surface area contributed by atoms with Crippen molar-refractivity contribution in [3.8, 4) is 16.9 Å². The van der Waals surface area contributed by atoms with E-state index in [9.17, 15) is 19.6 Å². The molecule has 0 spiro atoms. The van der Waals surface area contributed by atoms with Crippen LogP contribution in [0.25, 0.3) is 11.1 Å². The number of carbonyl (C=O) groups excluding carboxylic acids is 3. The van der Waals surface area contributed by atoms with Gasteiger partial charge in [-0.3, -0.25) is 24.6 Å². The zero-order chi connectivity index (χ0) is 25.5. The number of hydrogen-bond acceptors (Lipinski definition) is 7. The summed E-state index contributed by atoms with van der Waals surface area (Å²) in [6.45, 7) is 0.372. The van der Waals surface area contributed by atoms with E-state index < -0.39 is 12.0 Å².